The molecular weight excluding hydrogens is 444 g/mol. The number of sulfonamides is 1. The second-order valence-electron chi connectivity index (χ2n) is 6.53. The van der Waals surface area contributed by atoms with Crippen LogP contribution in [0.1, 0.15) is 23.5 Å². The first kappa shape index (κ1) is 18.9. The number of hydrogen-bond acceptors (Lipinski definition) is 5. The Labute approximate surface area is 171 Å². The number of rotatable bonds is 4. The Morgan fingerprint density at radius 2 is 2.04 bits per heavy atom. The Morgan fingerprint density at radius 1 is 1.21 bits per heavy atom. The molecule has 1 aliphatic carbocycles. The Morgan fingerprint density at radius 3 is 2.82 bits per heavy atom. The lowest BCUT2D eigenvalue weighted by atomic mass is 10.00. The SMILES string of the molecule is COc1ccc(Br)c2c1[C@@H](C(=O)NS(=O)(=O)c1cccc3ncccc13)CC2. The summed E-state index contributed by atoms with van der Waals surface area (Å²) < 4.78 is 34.4. The summed E-state index contributed by atoms with van der Waals surface area (Å²) in [5, 5.41) is 0.470. The normalized spacial score (nSPS) is 16.0. The van der Waals surface area contributed by atoms with Crippen LogP contribution in [0, 0.1) is 0 Å². The molecule has 1 heterocycles. The first-order chi connectivity index (χ1) is 13.4. The Kier molecular flexibility index (Phi) is 4.84. The van der Waals surface area contributed by atoms with Crippen molar-refractivity contribution in [3.05, 3.63) is 64.3 Å². The number of amides is 1. The molecule has 2 aromatic carbocycles. The molecule has 0 fully saturated rings. The molecule has 4 rings (SSSR count). The van der Waals surface area contributed by atoms with Crippen molar-refractivity contribution in [1.29, 1.82) is 0 Å². The number of aromatic nitrogens is 1. The molecule has 1 atom stereocenters. The largest absolute Gasteiger partial charge is 0.496 e. The molecule has 1 N–H and O–H groups in total. The zero-order chi connectivity index (χ0) is 19.9. The van der Waals surface area contributed by atoms with Gasteiger partial charge in [-0.2, -0.15) is 0 Å². The maximum Gasteiger partial charge on any atom is 0.264 e. The maximum absolute atomic E-state index is 12.9. The van der Waals surface area contributed by atoms with Crippen LogP contribution in [0.5, 0.6) is 5.75 Å². The van der Waals surface area contributed by atoms with Gasteiger partial charge in [-0.25, -0.2) is 13.1 Å². The van der Waals surface area contributed by atoms with Gasteiger partial charge in [0.15, 0.2) is 0 Å². The number of nitrogens with zero attached hydrogens (tertiary/aromatic N) is 1. The number of benzene rings is 2. The highest BCUT2D eigenvalue weighted by molar-refractivity contribution is 9.10. The standard InChI is InChI=1S/C20H17BrN2O4S/c1-27-17-10-9-15(21)12-7-8-14(19(12)17)20(24)23-28(25,26)18-6-2-5-16-13(18)4-3-11-22-16/h2-6,9-11,14H,7-8H2,1H3,(H,23,24)/t14-/m0/s1. The minimum absolute atomic E-state index is 0.0332. The monoisotopic (exact) mass is 460 g/mol. The fourth-order valence-corrected chi connectivity index (χ4v) is 5.47. The van der Waals surface area contributed by atoms with Crippen LogP contribution < -0.4 is 9.46 Å². The van der Waals surface area contributed by atoms with Crippen LogP contribution >= 0.6 is 15.9 Å². The molecule has 0 saturated heterocycles. The topological polar surface area (TPSA) is 85.4 Å². The molecule has 0 aliphatic heterocycles. The molecular formula is C20H17BrN2O4S. The first-order valence-electron chi connectivity index (χ1n) is 8.68. The van der Waals surface area contributed by atoms with Gasteiger partial charge in [-0.15, -0.1) is 0 Å². The summed E-state index contributed by atoms with van der Waals surface area (Å²) in [7, 11) is -2.51. The lowest BCUT2D eigenvalue weighted by Crippen LogP contribution is -2.34. The second-order valence-corrected chi connectivity index (χ2v) is 9.03. The van der Waals surface area contributed by atoms with Gasteiger partial charge in [0, 0.05) is 21.6 Å². The molecule has 1 amide bonds. The molecule has 1 aliphatic rings. The first-order valence-corrected chi connectivity index (χ1v) is 11.0. The third kappa shape index (κ3) is 3.16. The van der Waals surface area contributed by atoms with E-state index >= 15 is 0 Å². The highest BCUT2D eigenvalue weighted by atomic mass is 79.9. The summed E-state index contributed by atoms with van der Waals surface area (Å²) in [6.07, 6.45) is 2.78. The summed E-state index contributed by atoms with van der Waals surface area (Å²) >= 11 is 3.50. The smallest absolute Gasteiger partial charge is 0.264 e. The third-order valence-corrected chi connectivity index (χ3v) is 7.11. The van der Waals surface area contributed by atoms with Crippen molar-refractivity contribution in [2.45, 2.75) is 23.7 Å². The van der Waals surface area contributed by atoms with E-state index in [2.05, 4.69) is 25.6 Å². The molecule has 0 saturated carbocycles. The molecule has 1 aromatic heterocycles. The molecule has 0 radical (unpaired) electrons. The Balaban J connectivity index is 1.70. The van der Waals surface area contributed by atoms with Crippen LogP contribution in [-0.2, 0) is 21.2 Å². The van der Waals surface area contributed by atoms with E-state index < -0.39 is 21.8 Å². The third-order valence-electron chi connectivity index (χ3n) is 4.96. The average Bonchev–Trinajstić information content (AvgIpc) is 3.14. The van der Waals surface area contributed by atoms with Gasteiger partial charge >= 0.3 is 0 Å². The lowest BCUT2D eigenvalue weighted by Gasteiger charge is -2.16. The van der Waals surface area contributed by atoms with Crippen molar-refractivity contribution >= 4 is 42.8 Å². The molecule has 0 spiro atoms. The van der Waals surface area contributed by atoms with E-state index in [-0.39, 0.29) is 4.90 Å². The van der Waals surface area contributed by atoms with Crippen LogP contribution in [0.4, 0.5) is 0 Å². The van der Waals surface area contributed by atoms with Crippen molar-refractivity contribution in [1.82, 2.24) is 9.71 Å². The summed E-state index contributed by atoms with van der Waals surface area (Å²) in [5.74, 6) is -0.566. The summed E-state index contributed by atoms with van der Waals surface area (Å²) in [6.45, 7) is 0. The number of methoxy groups -OCH3 is 1. The highest BCUT2D eigenvalue weighted by Gasteiger charge is 2.35. The number of hydrogen-bond donors (Lipinski definition) is 1. The van der Waals surface area contributed by atoms with Crippen LogP contribution in [0.25, 0.3) is 10.9 Å². The minimum atomic E-state index is -4.05. The fraction of sp³-hybridized carbons (Fsp3) is 0.200. The van der Waals surface area contributed by atoms with Gasteiger partial charge in [-0.3, -0.25) is 9.78 Å². The predicted octanol–water partition coefficient (Wildman–Crippen LogP) is 3.54. The predicted molar refractivity (Wildman–Crippen MR) is 109 cm³/mol. The van der Waals surface area contributed by atoms with E-state index in [1.54, 1.807) is 36.5 Å². The van der Waals surface area contributed by atoms with E-state index in [0.29, 0.717) is 29.5 Å². The van der Waals surface area contributed by atoms with Crippen LogP contribution in [0.2, 0.25) is 0 Å². The highest BCUT2D eigenvalue weighted by Crippen LogP contribution is 2.43. The number of carbonyl (C=O) groups excluding carboxylic acids is 1. The van der Waals surface area contributed by atoms with Crippen molar-refractivity contribution in [3.63, 3.8) is 0 Å². The second kappa shape index (κ2) is 7.18. The molecule has 0 bridgehead atoms. The number of halogens is 1. The van der Waals surface area contributed by atoms with Crippen molar-refractivity contribution in [2.75, 3.05) is 7.11 Å². The van der Waals surface area contributed by atoms with E-state index in [0.717, 1.165) is 15.6 Å². The van der Waals surface area contributed by atoms with Gasteiger partial charge in [0.2, 0.25) is 5.91 Å². The van der Waals surface area contributed by atoms with Crippen molar-refractivity contribution in [3.8, 4) is 5.75 Å². The van der Waals surface area contributed by atoms with Gasteiger partial charge in [0.05, 0.1) is 23.4 Å². The number of carbonyl (C=O) groups is 1. The van der Waals surface area contributed by atoms with Crippen LogP contribution in [-0.4, -0.2) is 26.4 Å². The fourth-order valence-electron chi connectivity index (χ4n) is 3.69. The van der Waals surface area contributed by atoms with Crippen molar-refractivity contribution in [2.24, 2.45) is 0 Å². The zero-order valence-corrected chi connectivity index (χ0v) is 17.4. The maximum atomic E-state index is 12.9. The van der Waals surface area contributed by atoms with Crippen molar-refractivity contribution < 1.29 is 17.9 Å². The zero-order valence-electron chi connectivity index (χ0n) is 15.0. The summed E-state index contributed by atoms with van der Waals surface area (Å²) in [6, 6.07) is 11.8. The molecule has 6 nitrogen and oxygen atoms in total. The van der Waals surface area contributed by atoms with Gasteiger partial charge in [0.25, 0.3) is 10.0 Å². The van der Waals surface area contributed by atoms with Gasteiger partial charge in [0.1, 0.15) is 5.75 Å². The number of pyridine rings is 1. The Hall–Kier alpha value is -2.45. The Bertz CT molecular complexity index is 1190. The molecule has 144 valence electrons. The van der Waals surface area contributed by atoms with Gasteiger partial charge in [-0.05, 0) is 54.8 Å². The lowest BCUT2D eigenvalue weighted by molar-refractivity contribution is -0.120. The minimum Gasteiger partial charge on any atom is -0.496 e. The van der Waals surface area contributed by atoms with E-state index in [1.807, 2.05) is 6.07 Å². The quantitative estimate of drug-likeness (QED) is 0.643. The summed E-state index contributed by atoms with van der Waals surface area (Å²) in [5.41, 5.74) is 2.27. The number of nitrogens with one attached hydrogen (secondary N) is 1. The van der Waals surface area contributed by atoms with Crippen LogP contribution in [0.15, 0.2) is 58.0 Å². The number of ether oxygens (including phenoxy) is 1. The van der Waals surface area contributed by atoms with E-state index in [9.17, 15) is 13.2 Å². The number of fused-ring (bicyclic) bond motifs is 2. The van der Waals surface area contributed by atoms with Gasteiger partial charge < -0.3 is 4.74 Å². The van der Waals surface area contributed by atoms with E-state index in [1.165, 1.54) is 13.2 Å². The van der Waals surface area contributed by atoms with Gasteiger partial charge in [-0.1, -0.05) is 22.0 Å². The average molecular weight is 461 g/mol. The molecule has 8 heteroatoms. The molecule has 28 heavy (non-hydrogen) atoms. The summed E-state index contributed by atoms with van der Waals surface area (Å²) in [4.78, 5) is 17.1. The van der Waals surface area contributed by atoms with E-state index in [4.69, 9.17) is 4.74 Å². The molecule has 3 aromatic rings. The molecule has 0 unspecified atom stereocenters. The van der Waals surface area contributed by atoms with Crippen LogP contribution in [0.3, 0.4) is 0 Å².